The molecule has 1 aliphatic heterocycles. The van der Waals surface area contributed by atoms with E-state index < -0.39 is 11.7 Å². The van der Waals surface area contributed by atoms with Gasteiger partial charge in [-0.05, 0) is 18.2 Å². The van der Waals surface area contributed by atoms with Gasteiger partial charge in [-0.2, -0.15) is 13.2 Å². The van der Waals surface area contributed by atoms with Gasteiger partial charge in [-0.3, -0.25) is 0 Å². The van der Waals surface area contributed by atoms with Crippen LogP contribution >= 0.6 is 0 Å². The second-order valence-corrected chi connectivity index (χ2v) is 3.85. The Balaban J connectivity index is 2.18. The van der Waals surface area contributed by atoms with Crippen molar-refractivity contribution in [2.45, 2.75) is 18.7 Å². The molecular formula is C11H12F3NO2. The SMILES string of the molecule is Nc1ccc(OC2CCOC2)cc1C(F)(F)F. The van der Waals surface area contributed by atoms with Crippen LogP contribution in [0.25, 0.3) is 0 Å². The van der Waals surface area contributed by atoms with Crippen LogP contribution in [0.15, 0.2) is 18.2 Å². The van der Waals surface area contributed by atoms with E-state index in [0.717, 1.165) is 6.07 Å². The van der Waals surface area contributed by atoms with Crippen LogP contribution in [0.3, 0.4) is 0 Å². The minimum Gasteiger partial charge on any atom is -0.488 e. The lowest BCUT2D eigenvalue weighted by Crippen LogP contribution is -2.16. The Labute approximate surface area is 96.3 Å². The predicted octanol–water partition coefficient (Wildman–Crippen LogP) is 2.46. The highest BCUT2D eigenvalue weighted by atomic mass is 19.4. The Kier molecular flexibility index (Phi) is 3.15. The van der Waals surface area contributed by atoms with Crippen LogP contribution in [0.2, 0.25) is 0 Å². The minimum absolute atomic E-state index is 0.169. The van der Waals surface area contributed by atoms with Gasteiger partial charge in [-0.1, -0.05) is 0 Å². The monoisotopic (exact) mass is 247 g/mol. The molecule has 1 saturated heterocycles. The molecular weight excluding hydrogens is 235 g/mol. The number of halogens is 3. The van der Waals surface area contributed by atoms with Gasteiger partial charge in [-0.25, -0.2) is 0 Å². The summed E-state index contributed by atoms with van der Waals surface area (Å²) in [6.45, 7) is 0.984. The molecule has 0 saturated carbocycles. The first-order chi connectivity index (χ1) is 7.97. The fourth-order valence-electron chi connectivity index (χ4n) is 1.65. The molecule has 0 amide bonds. The molecule has 6 heteroatoms. The summed E-state index contributed by atoms with van der Waals surface area (Å²) in [5.41, 5.74) is 4.12. The molecule has 1 heterocycles. The lowest BCUT2D eigenvalue weighted by molar-refractivity contribution is -0.137. The number of hydrogen-bond acceptors (Lipinski definition) is 3. The first-order valence-electron chi connectivity index (χ1n) is 5.18. The summed E-state index contributed by atoms with van der Waals surface area (Å²) in [5, 5.41) is 0. The van der Waals surface area contributed by atoms with E-state index in [9.17, 15) is 13.2 Å². The van der Waals surface area contributed by atoms with Crippen LogP contribution in [-0.4, -0.2) is 19.3 Å². The third-order valence-electron chi connectivity index (χ3n) is 2.52. The topological polar surface area (TPSA) is 44.5 Å². The minimum atomic E-state index is -4.46. The maximum atomic E-state index is 12.6. The third-order valence-corrected chi connectivity index (χ3v) is 2.52. The highest BCUT2D eigenvalue weighted by Gasteiger charge is 2.33. The van der Waals surface area contributed by atoms with Crippen LogP contribution < -0.4 is 10.5 Å². The second kappa shape index (κ2) is 4.44. The van der Waals surface area contributed by atoms with Crippen molar-refractivity contribution in [1.29, 1.82) is 0 Å². The number of benzene rings is 1. The summed E-state index contributed by atoms with van der Waals surface area (Å²) < 4.78 is 48.2. The summed E-state index contributed by atoms with van der Waals surface area (Å²) in [5.74, 6) is 0.169. The van der Waals surface area contributed by atoms with Crippen LogP contribution in [-0.2, 0) is 10.9 Å². The average molecular weight is 247 g/mol. The zero-order valence-electron chi connectivity index (χ0n) is 8.96. The number of nitrogen functional groups attached to an aromatic ring is 1. The largest absolute Gasteiger partial charge is 0.488 e. The van der Waals surface area contributed by atoms with Gasteiger partial charge < -0.3 is 15.2 Å². The normalized spacial score (nSPS) is 20.5. The summed E-state index contributed by atoms with van der Waals surface area (Å²) >= 11 is 0. The smallest absolute Gasteiger partial charge is 0.418 e. The quantitative estimate of drug-likeness (QED) is 0.816. The van der Waals surface area contributed by atoms with Gasteiger partial charge in [0.05, 0.1) is 18.8 Å². The fraction of sp³-hybridized carbons (Fsp3) is 0.455. The first kappa shape index (κ1) is 12.0. The Hall–Kier alpha value is -1.43. The van der Waals surface area contributed by atoms with Gasteiger partial charge in [0.2, 0.25) is 0 Å². The summed E-state index contributed by atoms with van der Waals surface area (Å²) in [4.78, 5) is 0. The first-order valence-corrected chi connectivity index (χ1v) is 5.18. The lowest BCUT2D eigenvalue weighted by Gasteiger charge is -2.15. The van der Waals surface area contributed by atoms with Gasteiger partial charge in [0.1, 0.15) is 11.9 Å². The maximum absolute atomic E-state index is 12.6. The van der Waals surface area contributed by atoms with Crippen LogP contribution in [0.4, 0.5) is 18.9 Å². The van der Waals surface area contributed by atoms with E-state index in [1.165, 1.54) is 12.1 Å². The molecule has 0 aliphatic carbocycles. The molecule has 2 N–H and O–H groups in total. The highest BCUT2D eigenvalue weighted by Crippen LogP contribution is 2.36. The van der Waals surface area contributed by atoms with Gasteiger partial charge >= 0.3 is 6.18 Å². The van der Waals surface area contributed by atoms with Crippen molar-refractivity contribution in [2.75, 3.05) is 18.9 Å². The predicted molar refractivity (Wildman–Crippen MR) is 55.7 cm³/mol. The van der Waals surface area contributed by atoms with Crippen LogP contribution in [0.5, 0.6) is 5.75 Å². The Morgan fingerprint density at radius 1 is 1.35 bits per heavy atom. The molecule has 1 unspecified atom stereocenters. The van der Waals surface area contributed by atoms with Crippen molar-refractivity contribution >= 4 is 5.69 Å². The molecule has 17 heavy (non-hydrogen) atoms. The number of nitrogens with two attached hydrogens (primary N) is 1. The second-order valence-electron chi connectivity index (χ2n) is 3.85. The fourth-order valence-corrected chi connectivity index (χ4v) is 1.65. The molecule has 1 atom stereocenters. The van der Waals surface area contributed by atoms with Crippen molar-refractivity contribution in [1.82, 2.24) is 0 Å². The molecule has 0 bridgehead atoms. The van der Waals surface area contributed by atoms with Crippen molar-refractivity contribution < 1.29 is 22.6 Å². The molecule has 1 aliphatic rings. The number of hydrogen-bond donors (Lipinski definition) is 1. The molecule has 1 fully saturated rings. The number of anilines is 1. The van der Waals surface area contributed by atoms with Crippen molar-refractivity contribution in [2.24, 2.45) is 0 Å². The maximum Gasteiger partial charge on any atom is 0.418 e. The van der Waals surface area contributed by atoms with Gasteiger partial charge in [0.25, 0.3) is 0 Å². The van der Waals surface area contributed by atoms with E-state index in [1.54, 1.807) is 0 Å². The van der Waals surface area contributed by atoms with Crippen LogP contribution in [0, 0.1) is 0 Å². The zero-order valence-corrected chi connectivity index (χ0v) is 8.96. The molecule has 94 valence electrons. The zero-order chi connectivity index (χ0) is 12.5. The van der Waals surface area contributed by atoms with E-state index >= 15 is 0 Å². The summed E-state index contributed by atoms with van der Waals surface area (Å²) in [6.07, 6.45) is -3.96. The van der Waals surface area contributed by atoms with E-state index in [-0.39, 0.29) is 17.5 Å². The van der Waals surface area contributed by atoms with Crippen molar-refractivity contribution in [3.8, 4) is 5.75 Å². The van der Waals surface area contributed by atoms with Crippen LogP contribution in [0.1, 0.15) is 12.0 Å². The molecule has 1 aromatic carbocycles. The van der Waals surface area contributed by atoms with E-state index in [1.807, 2.05) is 0 Å². The standard InChI is InChI=1S/C11H12F3NO2/c12-11(13,14)9-5-7(1-2-10(9)15)17-8-3-4-16-6-8/h1-2,5,8H,3-4,6,15H2. The average Bonchev–Trinajstić information content (AvgIpc) is 2.72. The number of ether oxygens (including phenoxy) is 2. The van der Waals surface area contributed by atoms with Gasteiger partial charge in [-0.15, -0.1) is 0 Å². The third kappa shape index (κ3) is 2.82. The van der Waals surface area contributed by atoms with Gasteiger partial charge in [0.15, 0.2) is 0 Å². The lowest BCUT2D eigenvalue weighted by atomic mass is 10.1. The van der Waals surface area contributed by atoms with Gasteiger partial charge in [0, 0.05) is 12.1 Å². The molecule has 2 rings (SSSR count). The van der Waals surface area contributed by atoms with E-state index in [2.05, 4.69) is 0 Å². The number of alkyl halides is 3. The molecule has 3 nitrogen and oxygen atoms in total. The van der Waals surface area contributed by atoms with Crippen molar-refractivity contribution in [3.05, 3.63) is 23.8 Å². The number of rotatable bonds is 2. The molecule has 0 radical (unpaired) electrons. The highest BCUT2D eigenvalue weighted by molar-refractivity contribution is 5.52. The Bertz CT molecular complexity index is 400. The summed E-state index contributed by atoms with van der Waals surface area (Å²) in [6, 6.07) is 3.56. The van der Waals surface area contributed by atoms with E-state index in [0.29, 0.717) is 19.6 Å². The molecule has 0 aromatic heterocycles. The molecule has 1 aromatic rings. The summed E-state index contributed by atoms with van der Waals surface area (Å²) in [7, 11) is 0. The Morgan fingerprint density at radius 2 is 2.12 bits per heavy atom. The van der Waals surface area contributed by atoms with E-state index in [4.69, 9.17) is 15.2 Å². The molecule has 0 spiro atoms. The Morgan fingerprint density at radius 3 is 2.71 bits per heavy atom. The van der Waals surface area contributed by atoms with Crippen molar-refractivity contribution in [3.63, 3.8) is 0 Å².